The van der Waals surface area contributed by atoms with Crippen molar-refractivity contribution < 1.29 is 28.6 Å². The number of unbranched alkanes of at least 4 members (excludes halogenated alkanes) is 15. The third-order valence-corrected chi connectivity index (χ3v) is 9.80. The maximum atomic E-state index is 12.7. The Bertz CT molecular complexity index is 1230. The van der Waals surface area contributed by atoms with Crippen LogP contribution in [0.3, 0.4) is 0 Å². The van der Waals surface area contributed by atoms with Crippen LogP contribution < -0.4 is 0 Å². The van der Waals surface area contributed by atoms with Gasteiger partial charge in [0.25, 0.3) is 0 Å². The number of carbonyl (C=O) groups is 3. The highest BCUT2D eigenvalue weighted by Gasteiger charge is 2.19. The fourth-order valence-corrected chi connectivity index (χ4v) is 6.19. The minimum atomic E-state index is -0.806. The van der Waals surface area contributed by atoms with E-state index < -0.39 is 6.10 Å². The number of allylic oxidation sites excluding steroid dienone is 16. The molecule has 60 heavy (non-hydrogen) atoms. The Hall–Kier alpha value is -3.67. The summed E-state index contributed by atoms with van der Waals surface area (Å²) < 4.78 is 16.7. The molecule has 0 spiro atoms. The fourth-order valence-electron chi connectivity index (χ4n) is 6.19. The molecular weight excluding hydrogens is 745 g/mol. The number of hydrogen-bond acceptors (Lipinski definition) is 6. The standard InChI is InChI=1S/C54H88O6/c1-4-7-10-13-16-19-22-24-25-26-27-28-29-30-33-35-38-41-44-47-53(56)59-50-51(49-58-52(55)46-43-40-37-34-31-21-18-15-12-9-6-3)60-54(57)48-45-42-39-36-32-23-20-17-14-11-8-5-2/h7-8,10-11,15-20,24-25,27-28,32,36,51H,4-6,9,12-14,21-23,26,29-31,33-35,37-50H2,1-3H3/b10-7-,11-8-,18-15-,19-16-,20-17-,25-24-,28-27-,36-32-. The molecule has 0 saturated carbocycles. The van der Waals surface area contributed by atoms with Crippen molar-refractivity contribution in [3.8, 4) is 0 Å². The summed E-state index contributed by atoms with van der Waals surface area (Å²) >= 11 is 0. The molecule has 1 atom stereocenters. The first-order valence-electron chi connectivity index (χ1n) is 24.2. The number of esters is 3. The molecular formula is C54H88O6. The van der Waals surface area contributed by atoms with E-state index in [0.29, 0.717) is 19.3 Å². The van der Waals surface area contributed by atoms with Gasteiger partial charge in [0.05, 0.1) is 0 Å². The van der Waals surface area contributed by atoms with Crippen molar-refractivity contribution in [1.82, 2.24) is 0 Å². The first-order chi connectivity index (χ1) is 29.5. The van der Waals surface area contributed by atoms with Gasteiger partial charge in [-0.2, -0.15) is 0 Å². The summed E-state index contributed by atoms with van der Waals surface area (Å²) in [5.41, 5.74) is 0. The minimum absolute atomic E-state index is 0.104. The molecule has 0 bridgehead atoms. The van der Waals surface area contributed by atoms with Crippen molar-refractivity contribution in [3.05, 3.63) is 97.2 Å². The zero-order chi connectivity index (χ0) is 43.7. The molecule has 0 heterocycles. The van der Waals surface area contributed by atoms with E-state index in [2.05, 4.69) is 118 Å². The Kier molecular flexibility index (Phi) is 45.1. The van der Waals surface area contributed by atoms with E-state index in [-0.39, 0.29) is 37.5 Å². The van der Waals surface area contributed by atoms with E-state index in [9.17, 15) is 14.4 Å². The third-order valence-electron chi connectivity index (χ3n) is 9.80. The molecule has 0 N–H and O–H groups in total. The van der Waals surface area contributed by atoms with Crippen LogP contribution in [0, 0.1) is 0 Å². The van der Waals surface area contributed by atoms with Gasteiger partial charge in [0.2, 0.25) is 0 Å². The number of rotatable bonds is 42. The Morgan fingerprint density at radius 2 is 0.650 bits per heavy atom. The van der Waals surface area contributed by atoms with Gasteiger partial charge in [0.15, 0.2) is 6.10 Å². The lowest BCUT2D eigenvalue weighted by Gasteiger charge is -2.18. The molecule has 0 fully saturated rings. The molecule has 1 unspecified atom stereocenters. The van der Waals surface area contributed by atoms with Crippen LogP contribution in [0.5, 0.6) is 0 Å². The Morgan fingerprint density at radius 3 is 1.07 bits per heavy atom. The normalized spacial score (nSPS) is 12.9. The molecule has 340 valence electrons. The predicted octanol–water partition coefficient (Wildman–Crippen LogP) is 15.8. The van der Waals surface area contributed by atoms with Crippen molar-refractivity contribution >= 4 is 17.9 Å². The van der Waals surface area contributed by atoms with Crippen molar-refractivity contribution in [2.45, 2.75) is 213 Å². The second-order valence-corrected chi connectivity index (χ2v) is 15.6. The fraction of sp³-hybridized carbons (Fsp3) is 0.648. The molecule has 6 nitrogen and oxygen atoms in total. The molecule has 0 amide bonds. The summed E-state index contributed by atoms with van der Waals surface area (Å²) in [7, 11) is 0. The number of carbonyl (C=O) groups excluding carboxylic acids is 3. The average Bonchev–Trinajstić information content (AvgIpc) is 3.24. The monoisotopic (exact) mass is 833 g/mol. The van der Waals surface area contributed by atoms with Crippen molar-refractivity contribution in [2.75, 3.05) is 13.2 Å². The van der Waals surface area contributed by atoms with Gasteiger partial charge in [-0.1, -0.05) is 176 Å². The van der Waals surface area contributed by atoms with Gasteiger partial charge in [-0.25, -0.2) is 0 Å². The van der Waals surface area contributed by atoms with Crippen molar-refractivity contribution in [1.29, 1.82) is 0 Å². The Morgan fingerprint density at radius 1 is 0.350 bits per heavy atom. The highest BCUT2D eigenvalue weighted by Crippen LogP contribution is 2.12. The van der Waals surface area contributed by atoms with E-state index in [1.54, 1.807) is 0 Å². The van der Waals surface area contributed by atoms with Crippen molar-refractivity contribution in [3.63, 3.8) is 0 Å². The van der Waals surface area contributed by atoms with E-state index in [4.69, 9.17) is 14.2 Å². The quantitative estimate of drug-likeness (QED) is 0.0264. The van der Waals surface area contributed by atoms with E-state index >= 15 is 0 Å². The molecule has 0 aromatic carbocycles. The van der Waals surface area contributed by atoms with Crippen LogP contribution >= 0.6 is 0 Å². The van der Waals surface area contributed by atoms with Crippen LogP contribution in [0.2, 0.25) is 0 Å². The zero-order valence-electron chi connectivity index (χ0n) is 38.7. The molecule has 0 radical (unpaired) electrons. The smallest absolute Gasteiger partial charge is 0.306 e. The Balaban J connectivity index is 4.43. The molecule has 0 aliphatic heterocycles. The van der Waals surface area contributed by atoms with Crippen LogP contribution in [-0.4, -0.2) is 37.2 Å². The van der Waals surface area contributed by atoms with Crippen LogP contribution in [0.4, 0.5) is 0 Å². The van der Waals surface area contributed by atoms with Crippen LogP contribution in [-0.2, 0) is 28.6 Å². The summed E-state index contributed by atoms with van der Waals surface area (Å²) in [4.78, 5) is 37.8. The lowest BCUT2D eigenvalue weighted by molar-refractivity contribution is -0.167. The summed E-state index contributed by atoms with van der Waals surface area (Å²) in [5.74, 6) is -0.975. The second-order valence-electron chi connectivity index (χ2n) is 15.6. The topological polar surface area (TPSA) is 78.9 Å². The highest BCUT2D eigenvalue weighted by atomic mass is 16.6. The molecule has 0 rings (SSSR count). The first kappa shape index (κ1) is 56.3. The van der Waals surface area contributed by atoms with Gasteiger partial charge < -0.3 is 14.2 Å². The molecule has 0 aliphatic carbocycles. The number of hydrogen-bond donors (Lipinski definition) is 0. The van der Waals surface area contributed by atoms with Gasteiger partial charge in [0, 0.05) is 19.3 Å². The predicted molar refractivity (Wildman–Crippen MR) is 256 cm³/mol. The van der Waals surface area contributed by atoms with Crippen LogP contribution in [0.15, 0.2) is 97.2 Å². The van der Waals surface area contributed by atoms with Gasteiger partial charge in [0.1, 0.15) is 13.2 Å². The molecule has 0 aliphatic rings. The van der Waals surface area contributed by atoms with Gasteiger partial charge >= 0.3 is 17.9 Å². The van der Waals surface area contributed by atoms with Gasteiger partial charge in [-0.3, -0.25) is 14.4 Å². The minimum Gasteiger partial charge on any atom is -0.462 e. The number of ether oxygens (including phenoxy) is 3. The maximum Gasteiger partial charge on any atom is 0.306 e. The molecule has 0 aromatic heterocycles. The highest BCUT2D eigenvalue weighted by molar-refractivity contribution is 5.71. The van der Waals surface area contributed by atoms with E-state index in [1.165, 1.54) is 38.5 Å². The summed E-state index contributed by atoms with van der Waals surface area (Å²) in [5, 5.41) is 0. The molecule has 0 aromatic rings. The van der Waals surface area contributed by atoms with E-state index in [1.807, 2.05) is 0 Å². The Labute approximate surface area is 368 Å². The largest absolute Gasteiger partial charge is 0.462 e. The summed E-state index contributed by atoms with van der Waals surface area (Å²) in [6.45, 7) is 6.29. The average molecular weight is 833 g/mol. The molecule has 0 saturated heterocycles. The van der Waals surface area contributed by atoms with E-state index in [0.717, 1.165) is 122 Å². The van der Waals surface area contributed by atoms with Crippen LogP contribution in [0.1, 0.15) is 207 Å². The van der Waals surface area contributed by atoms with Gasteiger partial charge in [-0.05, 0) is 109 Å². The third kappa shape index (κ3) is 45.4. The maximum absolute atomic E-state index is 12.7. The molecule has 6 heteroatoms. The lowest BCUT2D eigenvalue weighted by Crippen LogP contribution is -2.30. The lowest BCUT2D eigenvalue weighted by atomic mass is 10.1. The summed E-state index contributed by atoms with van der Waals surface area (Å²) in [6, 6.07) is 0. The van der Waals surface area contributed by atoms with Crippen molar-refractivity contribution in [2.24, 2.45) is 0 Å². The second kappa shape index (κ2) is 48.0. The van der Waals surface area contributed by atoms with Crippen LogP contribution in [0.25, 0.3) is 0 Å². The first-order valence-corrected chi connectivity index (χ1v) is 24.2. The summed E-state index contributed by atoms with van der Waals surface area (Å²) in [6.07, 6.45) is 62.5. The van der Waals surface area contributed by atoms with Gasteiger partial charge in [-0.15, -0.1) is 0 Å². The SMILES string of the molecule is CC/C=C\C/C=C\C/C=C\C/C=C\CCCCCCCCC(=O)OCC(COC(=O)CCCCCCC/C=C\CCCC)OC(=O)CCCC/C=C\C/C=C\C/C=C\CC. The zero-order valence-corrected chi connectivity index (χ0v) is 38.7.